The van der Waals surface area contributed by atoms with E-state index in [1.807, 2.05) is 66.7 Å². The Labute approximate surface area is 157 Å². The van der Waals surface area contributed by atoms with Crippen LogP contribution in [0.2, 0.25) is 0 Å². The maximum atomic E-state index is 5.75. The molecule has 0 saturated carbocycles. The van der Waals surface area contributed by atoms with Gasteiger partial charge in [-0.15, -0.1) is 0 Å². The molecule has 0 bridgehead atoms. The molecule has 0 aliphatic carbocycles. The first-order valence-electron chi connectivity index (χ1n) is 7.40. The zero-order chi connectivity index (χ0) is 16.8. The lowest BCUT2D eigenvalue weighted by atomic mass is 10.3. The number of aromatic nitrogens is 1. The van der Waals surface area contributed by atoms with Crippen molar-refractivity contribution in [3.8, 4) is 11.5 Å². The number of rotatable bonds is 6. The van der Waals surface area contributed by atoms with Gasteiger partial charge in [0.25, 0.3) is 0 Å². The third-order valence-corrected chi connectivity index (χ3v) is 4.32. The Bertz CT molecular complexity index is 724. The Morgan fingerprint density at radius 3 is 1.46 bits per heavy atom. The zero-order valence-electron chi connectivity index (χ0n) is 12.8. The summed E-state index contributed by atoms with van der Waals surface area (Å²) in [6, 6.07) is 21.3. The van der Waals surface area contributed by atoms with E-state index in [4.69, 9.17) is 9.47 Å². The molecule has 0 N–H and O–H groups in total. The molecule has 0 unspecified atom stereocenters. The van der Waals surface area contributed by atoms with Crippen LogP contribution in [0.1, 0.15) is 11.4 Å². The van der Waals surface area contributed by atoms with Crippen LogP contribution in [0.4, 0.5) is 0 Å². The van der Waals surface area contributed by atoms with Crippen LogP contribution in [0.15, 0.2) is 75.7 Å². The van der Waals surface area contributed by atoms with Gasteiger partial charge < -0.3 is 9.47 Å². The molecule has 0 aliphatic rings. The van der Waals surface area contributed by atoms with Crippen LogP contribution < -0.4 is 9.47 Å². The van der Waals surface area contributed by atoms with Gasteiger partial charge >= 0.3 is 0 Å². The van der Waals surface area contributed by atoms with Gasteiger partial charge in [-0.05, 0) is 60.7 Å². The molecular formula is C19H15Br2NO2. The monoisotopic (exact) mass is 447 g/mol. The van der Waals surface area contributed by atoms with E-state index < -0.39 is 0 Å². The van der Waals surface area contributed by atoms with E-state index in [2.05, 4.69) is 36.8 Å². The number of benzene rings is 2. The van der Waals surface area contributed by atoms with Crippen LogP contribution in [0.5, 0.6) is 11.5 Å². The summed E-state index contributed by atoms with van der Waals surface area (Å²) in [6.45, 7) is 0.849. The third-order valence-electron chi connectivity index (χ3n) is 3.27. The molecule has 122 valence electrons. The van der Waals surface area contributed by atoms with E-state index in [0.717, 1.165) is 31.8 Å². The molecule has 3 rings (SSSR count). The molecule has 1 heterocycles. The van der Waals surface area contributed by atoms with E-state index in [-0.39, 0.29) is 0 Å². The summed E-state index contributed by atoms with van der Waals surface area (Å²) in [5.41, 5.74) is 1.74. The van der Waals surface area contributed by atoms with Gasteiger partial charge in [0.05, 0.1) is 11.4 Å². The summed E-state index contributed by atoms with van der Waals surface area (Å²) in [7, 11) is 0. The van der Waals surface area contributed by atoms with Crippen LogP contribution in [-0.2, 0) is 13.2 Å². The van der Waals surface area contributed by atoms with Crippen molar-refractivity contribution in [1.82, 2.24) is 4.98 Å². The number of nitrogens with zero attached hydrogens (tertiary/aromatic N) is 1. The molecule has 1 aromatic heterocycles. The van der Waals surface area contributed by atoms with Gasteiger partial charge in [-0.1, -0.05) is 37.9 Å². The summed E-state index contributed by atoms with van der Waals surface area (Å²) < 4.78 is 13.6. The van der Waals surface area contributed by atoms with Gasteiger partial charge in [-0.25, -0.2) is 0 Å². The lowest BCUT2D eigenvalue weighted by Gasteiger charge is -2.09. The first kappa shape index (κ1) is 17.0. The molecule has 0 spiro atoms. The van der Waals surface area contributed by atoms with Gasteiger partial charge in [0.2, 0.25) is 0 Å². The summed E-state index contributed by atoms with van der Waals surface area (Å²) in [6.07, 6.45) is 0. The van der Waals surface area contributed by atoms with E-state index in [9.17, 15) is 0 Å². The molecule has 3 aromatic rings. The van der Waals surface area contributed by atoms with Crippen molar-refractivity contribution < 1.29 is 9.47 Å². The van der Waals surface area contributed by atoms with Crippen LogP contribution >= 0.6 is 31.9 Å². The van der Waals surface area contributed by atoms with Crippen LogP contribution in [0, 0.1) is 0 Å². The molecule has 0 fully saturated rings. The quantitative estimate of drug-likeness (QED) is 0.480. The highest BCUT2D eigenvalue weighted by Gasteiger charge is 2.02. The van der Waals surface area contributed by atoms with Gasteiger partial charge in [0.1, 0.15) is 24.7 Å². The van der Waals surface area contributed by atoms with Gasteiger partial charge in [-0.2, -0.15) is 0 Å². The van der Waals surface area contributed by atoms with Crippen molar-refractivity contribution in [2.24, 2.45) is 0 Å². The minimum atomic E-state index is 0.424. The molecule has 0 radical (unpaired) electrons. The van der Waals surface area contributed by atoms with Gasteiger partial charge in [-0.3, -0.25) is 4.98 Å². The lowest BCUT2D eigenvalue weighted by Crippen LogP contribution is -2.03. The molecule has 0 amide bonds. The number of halogens is 2. The van der Waals surface area contributed by atoms with Gasteiger partial charge in [0.15, 0.2) is 0 Å². The minimum absolute atomic E-state index is 0.424. The predicted octanol–water partition coefficient (Wildman–Crippen LogP) is 5.76. The Kier molecular flexibility index (Phi) is 5.88. The number of ether oxygens (including phenoxy) is 2. The minimum Gasteiger partial charge on any atom is -0.487 e. The Morgan fingerprint density at radius 1 is 0.625 bits per heavy atom. The molecule has 2 aromatic carbocycles. The molecule has 5 heteroatoms. The fourth-order valence-corrected chi connectivity index (χ4v) is 2.59. The van der Waals surface area contributed by atoms with Crippen molar-refractivity contribution >= 4 is 31.9 Å². The smallest absolute Gasteiger partial charge is 0.130 e. The lowest BCUT2D eigenvalue weighted by molar-refractivity contribution is 0.290. The summed E-state index contributed by atoms with van der Waals surface area (Å²) in [4.78, 5) is 4.57. The molecule has 0 atom stereocenters. The third kappa shape index (κ3) is 5.08. The highest BCUT2D eigenvalue weighted by atomic mass is 79.9. The second-order valence-electron chi connectivity index (χ2n) is 5.11. The molecule has 3 nitrogen and oxygen atoms in total. The predicted molar refractivity (Wildman–Crippen MR) is 101 cm³/mol. The fourth-order valence-electron chi connectivity index (χ4n) is 2.07. The average molecular weight is 449 g/mol. The van der Waals surface area contributed by atoms with Crippen molar-refractivity contribution in [3.05, 3.63) is 87.1 Å². The van der Waals surface area contributed by atoms with Crippen LogP contribution in [0.3, 0.4) is 0 Å². The summed E-state index contributed by atoms with van der Waals surface area (Å²) in [5.74, 6) is 1.63. The standard InChI is InChI=1S/C19H15Br2NO2/c20-14-4-8-18(9-5-14)23-12-16-2-1-3-17(22-16)13-24-19-10-6-15(21)7-11-19/h1-11H,12-13H2. The Hall–Kier alpha value is -1.85. The van der Waals surface area contributed by atoms with Crippen LogP contribution in [-0.4, -0.2) is 4.98 Å². The first-order valence-corrected chi connectivity index (χ1v) is 8.99. The first-order chi connectivity index (χ1) is 11.7. The molecule has 0 aliphatic heterocycles. The SMILES string of the molecule is Brc1ccc(OCc2cccc(COc3ccc(Br)cc3)n2)cc1. The highest BCUT2D eigenvalue weighted by molar-refractivity contribution is 9.10. The number of pyridine rings is 1. The van der Waals surface area contributed by atoms with Crippen LogP contribution in [0.25, 0.3) is 0 Å². The molecule has 24 heavy (non-hydrogen) atoms. The van der Waals surface area contributed by atoms with Gasteiger partial charge in [0, 0.05) is 8.95 Å². The largest absolute Gasteiger partial charge is 0.487 e. The molecular weight excluding hydrogens is 434 g/mol. The summed E-state index contributed by atoms with van der Waals surface area (Å²) in [5, 5.41) is 0. The Balaban J connectivity index is 1.57. The average Bonchev–Trinajstić information content (AvgIpc) is 2.61. The second kappa shape index (κ2) is 8.31. The normalized spacial score (nSPS) is 10.4. The van der Waals surface area contributed by atoms with Crippen molar-refractivity contribution in [2.45, 2.75) is 13.2 Å². The van der Waals surface area contributed by atoms with Crippen molar-refractivity contribution in [3.63, 3.8) is 0 Å². The number of hydrogen-bond donors (Lipinski definition) is 0. The Morgan fingerprint density at radius 2 is 1.04 bits per heavy atom. The van der Waals surface area contributed by atoms with E-state index in [1.165, 1.54) is 0 Å². The maximum Gasteiger partial charge on any atom is 0.130 e. The van der Waals surface area contributed by atoms with E-state index in [1.54, 1.807) is 0 Å². The van der Waals surface area contributed by atoms with Crippen molar-refractivity contribution in [2.75, 3.05) is 0 Å². The second-order valence-corrected chi connectivity index (χ2v) is 6.94. The maximum absolute atomic E-state index is 5.75. The highest BCUT2D eigenvalue weighted by Crippen LogP contribution is 2.18. The zero-order valence-corrected chi connectivity index (χ0v) is 16.0. The van der Waals surface area contributed by atoms with E-state index in [0.29, 0.717) is 13.2 Å². The fraction of sp³-hybridized carbons (Fsp3) is 0.105. The summed E-state index contributed by atoms with van der Waals surface area (Å²) >= 11 is 6.81. The van der Waals surface area contributed by atoms with Crippen molar-refractivity contribution in [1.29, 1.82) is 0 Å². The number of hydrogen-bond acceptors (Lipinski definition) is 3. The molecule has 0 saturated heterocycles. The topological polar surface area (TPSA) is 31.4 Å². The van der Waals surface area contributed by atoms with E-state index >= 15 is 0 Å².